The van der Waals surface area contributed by atoms with E-state index in [9.17, 15) is 14.3 Å². The van der Waals surface area contributed by atoms with E-state index in [1.807, 2.05) is 13.8 Å². The van der Waals surface area contributed by atoms with Gasteiger partial charge in [0.2, 0.25) is 0 Å². The van der Waals surface area contributed by atoms with Gasteiger partial charge in [-0.1, -0.05) is 11.6 Å². The maximum absolute atomic E-state index is 13.4. The monoisotopic (exact) mass is 464 g/mol. The maximum atomic E-state index is 13.4. The van der Waals surface area contributed by atoms with Crippen molar-refractivity contribution in [3.63, 3.8) is 0 Å². The van der Waals surface area contributed by atoms with E-state index in [1.54, 1.807) is 7.05 Å². The summed E-state index contributed by atoms with van der Waals surface area (Å²) in [5.41, 5.74) is 6.82. The number of aromatic nitrogens is 2. The minimum absolute atomic E-state index is 0.0697. The van der Waals surface area contributed by atoms with Crippen molar-refractivity contribution in [1.29, 1.82) is 0 Å². The van der Waals surface area contributed by atoms with Crippen LogP contribution in [0.4, 0.5) is 15.9 Å². The molecule has 0 aliphatic heterocycles. The third-order valence-electron chi connectivity index (χ3n) is 6.72. The number of carbonyl (C=O) groups is 1. The zero-order chi connectivity index (χ0) is 23.2. The first-order valence-corrected chi connectivity index (χ1v) is 11.4. The molecule has 2 fully saturated rings. The standard InChI is InChI=1S/C23H30ClFN4O3/c1-12(2)32-11-23(31)9-14-6-13(7-15(14)10-23)20-19(21(26)29(3)28-20)22(30)27-16-4-5-18(25)17(24)8-16/h4-5,8,12-15,31H,6-7,9-11,26H2,1-3H3,(H,27,30)/t13?,14-,15?,23?/m0/s1. The second kappa shape index (κ2) is 8.65. The summed E-state index contributed by atoms with van der Waals surface area (Å²) >= 11 is 5.83. The molecule has 0 saturated heterocycles. The summed E-state index contributed by atoms with van der Waals surface area (Å²) in [4.78, 5) is 13.1. The summed E-state index contributed by atoms with van der Waals surface area (Å²) in [7, 11) is 1.71. The number of nitrogens with zero attached hydrogens (tertiary/aromatic N) is 2. The van der Waals surface area contributed by atoms with Crippen LogP contribution in [0.1, 0.15) is 61.5 Å². The molecule has 1 aromatic heterocycles. The van der Waals surface area contributed by atoms with Gasteiger partial charge in [-0.2, -0.15) is 5.10 Å². The van der Waals surface area contributed by atoms with Crippen molar-refractivity contribution in [3.8, 4) is 0 Å². The zero-order valence-electron chi connectivity index (χ0n) is 18.6. The summed E-state index contributed by atoms with van der Waals surface area (Å²) in [5.74, 6) is 0.132. The molecule has 7 nitrogen and oxygen atoms in total. The highest BCUT2D eigenvalue weighted by atomic mass is 35.5. The number of rotatable bonds is 6. The number of anilines is 2. The van der Waals surface area contributed by atoms with E-state index in [-0.39, 0.29) is 22.9 Å². The molecular weight excluding hydrogens is 435 g/mol. The lowest BCUT2D eigenvalue weighted by atomic mass is 9.92. The number of amides is 1. The van der Waals surface area contributed by atoms with E-state index in [4.69, 9.17) is 22.1 Å². The van der Waals surface area contributed by atoms with E-state index in [1.165, 1.54) is 22.9 Å². The smallest absolute Gasteiger partial charge is 0.261 e. The van der Waals surface area contributed by atoms with Crippen LogP contribution in [0.5, 0.6) is 0 Å². The van der Waals surface area contributed by atoms with E-state index < -0.39 is 17.3 Å². The number of nitrogens with two attached hydrogens (primary N) is 1. The number of carbonyl (C=O) groups excluding carboxylic acids is 1. The first-order chi connectivity index (χ1) is 15.1. The number of halogens is 2. The topological polar surface area (TPSA) is 102 Å². The maximum Gasteiger partial charge on any atom is 0.261 e. The second-order valence-corrected chi connectivity index (χ2v) is 9.94. The number of ether oxygens (including phenoxy) is 1. The van der Waals surface area contributed by atoms with Gasteiger partial charge in [-0.15, -0.1) is 0 Å². The van der Waals surface area contributed by atoms with Gasteiger partial charge in [-0.25, -0.2) is 4.39 Å². The van der Waals surface area contributed by atoms with E-state index >= 15 is 0 Å². The first kappa shape index (κ1) is 23.0. The van der Waals surface area contributed by atoms with E-state index in [0.717, 1.165) is 12.8 Å². The van der Waals surface area contributed by atoms with E-state index in [0.29, 0.717) is 48.2 Å². The second-order valence-electron chi connectivity index (χ2n) is 9.53. The third-order valence-corrected chi connectivity index (χ3v) is 7.01. The molecule has 1 aromatic carbocycles. The molecule has 2 aliphatic rings. The molecule has 4 atom stereocenters. The van der Waals surface area contributed by atoms with Crippen LogP contribution in [0.25, 0.3) is 0 Å². The molecule has 0 bridgehead atoms. The van der Waals surface area contributed by atoms with Gasteiger partial charge in [0.15, 0.2) is 0 Å². The van der Waals surface area contributed by atoms with Crippen LogP contribution in [-0.4, -0.2) is 39.1 Å². The highest BCUT2D eigenvalue weighted by Gasteiger charge is 2.50. The average molecular weight is 465 g/mol. The predicted molar refractivity (Wildman–Crippen MR) is 121 cm³/mol. The highest BCUT2D eigenvalue weighted by molar-refractivity contribution is 6.31. The van der Waals surface area contributed by atoms with Crippen molar-refractivity contribution in [1.82, 2.24) is 9.78 Å². The molecule has 3 unspecified atom stereocenters. The fourth-order valence-corrected chi connectivity index (χ4v) is 5.46. The third kappa shape index (κ3) is 4.49. The molecule has 2 aromatic rings. The number of aliphatic hydroxyl groups is 1. The van der Waals surface area contributed by atoms with Gasteiger partial charge >= 0.3 is 0 Å². The first-order valence-electron chi connectivity index (χ1n) is 11.0. The van der Waals surface area contributed by atoms with Crippen LogP contribution in [0.3, 0.4) is 0 Å². The number of fused-ring (bicyclic) bond motifs is 1. The fourth-order valence-electron chi connectivity index (χ4n) is 5.28. The number of nitrogen functional groups attached to an aromatic ring is 1. The Labute approximate surface area is 192 Å². The summed E-state index contributed by atoms with van der Waals surface area (Å²) in [6.45, 7) is 4.28. The Balaban J connectivity index is 1.50. The largest absolute Gasteiger partial charge is 0.387 e. The van der Waals surface area contributed by atoms with Crippen LogP contribution in [-0.2, 0) is 11.8 Å². The van der Waals surface area contributed by atoms with Gasteiger partial charge in [0.1, 0.15) is 17.2 Å². The molecule has 0 spiro atoms. The Morgan fingerprint density at radius 2 is 2.06 bits per heavy atom. The number of benzene rings is 1. The number of aryl methyl sites for hydroxylation is 1. The molecule has 1 amide bonds. The van der Waals surface area contributed by atoms with Gasteiger partial charge in [-0.05, 0) is 69.6 Å². The van der Waals surface area contributed by atoms with Gasteiger partial charge in [0, 0.05) is 18.7 Å². The molecule has 4 N–H and O–H groups in total. The van der Waals surface area contributed by atoms with Gasteiger partial charge in [-0.3, -0.25) is 9.48 Å². The normalized spacial score (nSPS) is 27.2. The Kier molecular flexibility index (Phi) is 6.22. The minimum Gasteiger partial charge on any atom is -0.387 e. The van der Waals surface area contributed by atoms with Gasteiger partial charge < -0.3 is 20.9 Å². The van der Waals surface area contributed by atoms with Crippen molar-refractivity contribution in [2.75, 3.05) is 17.7 Å². The quantitative estimate of drug-likeness (QED) is 0.597. The van der Waals surface area contributed by atoms with Crippen molar-refractivity contribution in [3.05, 3.63) is 40.3 Å². The Hall–Kier alpha value is -2.16. The van der Waals surface area contributed by atoms with Crippen LogP contribution < -0.4 is 11.1 Å². The number of hydrogen-bond acceptors (Lipinski definition) is 5. The zero-order valence-corrected chi connectivity index (χ0v) is 19.3. The molecule has 32 heavy (non-hydrogen) atoms. The lowest BCUT2D eigenvalue weighted by Gasteiger charge is -2.25. The summed E-state index contributed by atoms with van der Waals surface area (Å²) in [6, 6.07) is 4.01. The molecule has 0 radical (unpaired) electrons. The molecule has 174 valence electrons. The fraction of sp³-hybridized carbons (Fsp3) is 0.565. The van der Waals surface area contributed by atoms with Crippen molar-refractivity contribution in [2.45, 2.75) is 57.2 Å². The van der Waals surface area contributed by atoms with Crippen molar-refractivity contribution >= 4 is 29.0 Å². The summed E-state index contributed by atoms with van der Waals surface area (Å²) < 4.78 is 20.6. The molecule has 2 aliphatic carbocycles. The number of nitrogens with one attached hydrogen (secondary N) is 1. The molecule has 2 saturated carbocycles. The van der Waals surface area contributed by atoms with Crippen molar-refractivity contribution in [2.24, 2.45) is 18.9 Å². The number of hydrogen-bond donors (Lipinski definition) is 3. The predicted octanol–water partition coefficient (Wildman–Crippen LogP) is 4.11. The molecule has 9 heteroatoms. The molecular formula is C23H30ClFN4O3. The van der Waals surface area contributed by atoms with Gasteiger partial charge in [0.05, 0.1) is 29.0 Å². The Bertz CT molecular complexity index is 1010. The Morgan fingerprint density at radius 3 is 2.66 bits per heavy atom. The van der Waals surface area contributed by atoms with E-state index in [2.05, 4.69) is 10.4 Å². The SMILES string of the molecule is CC(C)OCC1(O)CC2CC(c3nn(C)c(N)c3C(=O)Nc3ccc(F)c(Cl)c3)C[C@H]2C1. The molecule has 1 heterocycles. The highest BCUT2D eigenvalue weighted by Crippen LogP contribution is 2.54. The van der Waals surface area contributed by atoms with Crippen LogP contribution >= 0.6 is 11.6 Å². The lowest BCUT2D eigenvalue weighted by Crippen LogP contribution is -2.33. The Morgan fingerprint density at radius 1 is 1.41 bits per heavy atom. The summed E-state index contributed by atoms with van der Waals surface area (Å²) in [5, 5.41) is 18.2. The average Bonchev–Trinajstić information content (AvgIpc) is 3.33. The lowest BCUT2D eigenvalue weighted by molar-refractivity contribution is -0.0648. The van der Waals surface area contributed by atoms with Crippen LogP contribution in [0, 0.1) is 17.7 Å². The van der Waals surface area contributed by atoms with Crippen LogP contribution in [0.2, 0.25) is 5.02 Å². The molecule has 4 rings (SSSR count). The van der Waals surface area contributed by atoms with Crippen LogP contribution in [0.15, 0.2) is 18.2 Å². The minimum atomic E-state index is -0.782. The summed E-state index contributed by atoms with van der Waals surface area (Å²) in [6.07, 6.45) is 3.15. The van der Waals surface area contributed by atoms with Crippen molar-refractivity contribution < 1.29 is 19.0 Å². The van der Waals surface area contributed by atoms with Gasteiger partial charge in [0.25, 0.3) is 5.91 Å².